The highest BCUT2D eigenvalue weighted by Crippen LogP contribution is 2.22. The van der Waals surface area contributed by atoms with Crippen LogP contribution in [0, 0.1) is 11.6 Å². The van der Waals surface area contributed by atoms with Gasteiger partial charge >= 0.3 is 0 Å². The summed E-state index contributed by atoms with van der Waals surface area (Å²) in [6.45, 7) is 0.905. The lowest BCUT2D eigenvalue weighted by molar-refractivity contribution is 0.0659. The molecule has 1 saturated carbocycles. The highest BCUT2D eigenvalue weighted by atomic mass is 32.1. The number of rotatable bonds is 6. The molecule has 0 heterocycles. The zero-order chi connectivity index (χ0) is 14.5. The number of benzene rings is 1. The predicted molar refractivity (Wildman–Crippen MR) is 78.9 cm³/mol. The van der Waals surface area contributed by atoms with Gasteiger partial charge in [0.2, 0.25) is 0 Å². The minimum Gasteiger partial charge on any atom is -0.389 e. The smallest absolute Gasteiger partial charge is 0.182 e. The molecule has 0 bridgehead atoms. The standard InChI is InChI=1S/C14H18F2N2OS/c15-12-10(14(17)20)5-6-11(13(12)16)18-7-8-19-9-3-1-2-4-9/h5-6,9,18H,1-4,7-8H2,(H2,17,20). The van der Waals surface area contributed by atoms with Crippen LogP contribution in [0.1, 0.15) is 31.2 Å². The Labute approximate surface area is 122 Å². The third kappa shape index (κ3) is 3.64. The van der Waals surface area contributed by atoms with Crippen LogP contribution in [0.2, 0.25) is 0 Å². The first-order chi connectivity index (χ1) is 9.59. The second-order valence-electron chi connectivity index (χ2n) is 4.86. The summed E-state index contributed by atoms with van der Waals surface area (Å²) in [6.07, 6.45) is 4.91. The summed E-state index contributed by atoms with van der Waals surface area (Å²) in [5.41, 5.74) is 5.33. The van der Waals surface area contributed by atoms with Crippen molar-refractivity contribution in [2.45, 2.75) is 31.8 Å². The molecule has 6 heteroatoms. The van der Waals surface area contributed by atoms with E-state index in [9.17, 15) is 8.78 Å². The molecule has 20 heavy (non-hydrogen) atoms. The van der Waals surface area contributed by atoms with Crippen LogP contribution in [-0.4, -0.2) is 24.2 Å². The molecule has 2 rings (SSSR count). The lowest BCUT2D eigenvalue weighted by atomic mass is 10.2. The number of hydrogen-bond donors (Lipinski definition) is 2. The van der Waals surface area contributed by atoms with Crippen LogP contribution in [-0.2, 0) is 4.74 Å². The first-order valence-electron chi connectivity index (χ1n) is 6.73. The van der Waals surface area contributed by atoms with Crippen molar-refractivity contribution >= 4 is 22.9 Å². The predicted octanol–water partition coefficient (Wildman–Crippen LogP) is 2.97. The molecular weight excluding hydrogens is 282 g/mol. The van der Waals surface area contributed by atoms with Crippen LogP contribution in [0.3, 0.4) is 0 Å². The maximum Gasteiger partial charge on any atom is 0.182 e. The van der Waals surface area contributed by atoms with Gasteiger partial charge < -0.3 is 15.8 Å². The molecule has 1 aromatic rings. The number of thiocarbonyl (C=S) groups is 1. The summed E-state index contributed by atoms with van der Waals surface area (Å²) in [4.78, 5) is -0.155. The van der Waals surface area contributed by atoms with Crippen LogP contribution in [0.4, 0.5) is 14.5 Å². The highest BCUT2D eigenvalue weighted by Gasteiger charge is 2.16. The van der Waals surface area contributed by atoms with E-state index in [-0.39, 0.29) is 16.2 Å². The van der Waals surface area contributed by atoms with E-state index in [0.717, 1.165) is 12.8 Å². The first kappa shape index (κ1) is 15.1. The largest absolute Gasteiger partial charge is 0.389 e. The summed E-state index contributed by atoms with van der Waals surface area (Å²) in [5, 5.41) is 2.82. The molecule has 1 aliphatic rings. The molecule has 0 spiro atoms. The Balaban J connectivity index is 1.86. The Kier molecular flexibility index (Phi) is 5.25. The number of ether oxygens (including phenoxy) is 1. The number of nitrogens with two attached hydrogens (primary N) is 1. The number of hydrogen-bond acceptors (Lipinski definition) is 3. The summed E-state index contributed by atoms with van der Waals surface area (Å²) in [5.74, 6) is -1.98. The molecule has 0 aromatic heterocycles. The van der Waals surface area contributed by atoms with E-state index < -0.39 is 11.6 Å². The quantitative estimate of drug-likeness (QED) is 0.626. The average molecular weight is 300 g/mol. The fourth-order valence-corrected chi connectivity index (χ4v) is 2.50. The van der Waals surface area contributed by atoms with E-state index in [1.165, 1.54) is 25.0 Å². The first-order valence-corrected chi connectivity index (χ1v) is 7.13. The molecule has 110 valence electrons. The van der Waals surface area contributed by atoms with Gasteiger partial charge in [-0.2, -0.15) is 0 Å². The molecule has 0 saturated heterocycles. The van der Waals surface area contributed by atoms with Crippen molar-refractivity contribution in [2.24, 2.45) is 5.73 Å². The van der Waals surface area contributed by atoms with Gasteiger partial charge in [0.1, 0.15) is 4.99 Å². The van der Waals surface area contributed by atoms with Crippen molar-refractivity contribution < 1.29 is 13.5 Å². The zero-order valence-corrected chi connectivity index (χ0v) is 11.9. The molecular formula is C14H18F2N2OS. The fourth-order valence-electron chi connectivity index (χ4n) is 2.34. The van der Waals surface area contributed by atoms with E-state index in [4.69, 9.17) is 10.5 Å². The van der Waals surface area contributed by atoms with Crippen LogP contribution in [0.5, 0.6) is 0 Å². The van der Waals surface area contributed by atoms with Crippen LogP contribution < -0.4 is 11.1 Å². The second kappa shape index (κ2) is 6.95. The van der Waals surface area contributed by atoms with Crippen molar-refractivity contribution in [1.29, 1.82) is 0 Å². The van der Waals surface area contributed by atoms with Gasteiger partial charge in [-0.1, -0.05) is 25.1 Å². The van der Waals surface area contributed by atoms with E-state index in [1.54, 1.807) is 0 Å². The molecule has 0 radical (unpaired) electrons. The number of anilines is 1. The van der Waals surface area contributed by atoms with Crippen molar-refractivity contribution in [3.63, 3.8) is 0 Å². The normalized spacial score (nSPS) is 15.5. The summed E-state index contributed by atoms with van der Waals surface area (Å²) in [7, 11) is 0. The van der Waals surface area contributed by atoms with E-state index in [1.807, 2.05) is 0 Å². The molecule has 1 fully saturated rings. The molecule has 1 aliphatic carbocycles. The van der Waals surface area contributed by atoms with E-state index >= 15 is 0 Å². The van der Waals surface area contributed by atoms with Gasteiger partial charge in [-0.05, 0) is 25.0 Å². The van der Waals surface area contributed by atoms with Gasteiger partial charge in [-0.15, -0.1) is 0 Å². The summed E-state index contributed by atoms with van der Waals surface area (Å²) >= 11 is 4.65. The van der Waals surface area contributed by atoms with Gasteiger partial charge in [0.15, 0.2) is 11.6 Å². The van der Waals surface area contributed by atoms with Crippen molar-refractivity contribution in [2.75, 3.05) is 18.5 Å². The van der Waals surface area contributed by atoms with Gasteiger partial charge in [-0.3, -0.25) is 0 Å². The highest BCUT2D eigenvalue weighted by molar-refractivity contribution is 7.80. The Hall–Kier alpha value is -1.27. The van der Waals surface area contributed by atoms with Gasteiger partial charge in [-0.25, -0.2) is 8.78 Å². The minimum absolute atomic E-state index is 0.0785. The molecule has 0 aliphatic heterocycles. The van der Waals surface area contributed by atoms with Crippen LogP contribution in [0.25, 0.3) is 0 Å². The third-order valence-corrected chi connectivity index (χ3v) is 3.64. The van der Waals surface area contributed by atoms with Crippen LogP contribution in [0.15, 0.2) is 12.1 Å². The number of nitrogens with one attached hydrogen (secondary N) is 1. The van der Waals surface area contributed by atoms with Gasteiger partial charge in [0.05, 0.1) is 18.4 Å². The Bertz CT molecular complexity index is 490. The third-order valence-electron chi connectivity index (χ3n) is 3.42. The van der Waals surface area contributed by atoms with Crippen molar-refractivity contribution in [3.05, 3.63) is 29.3 Å². The Morgan fingerprint density at radius 3 is 2.65 bits per heavy atom. The van der Waals surface area contributed by atoms with Gasteiger partial charge in [0, 0.05) is 12.1 Å². The average Bonchev–Trinajstić information content (AvgIpc) is 2.92. The maximum atomic E-state index is 13.8. The zero-order valence-electron chi connectivity index (χ0n) is 11.1. The summed E-state index contributed by atoms with van der Waals surface area (Å²) < 4.78 is 33.0. The van der Waals surface area contributed by atoms with Gasteiger partial charge in [0.25, 0.3) is 0 Å². The molecule has 3 N–H and O–H groups in total. The Morgan fingerprint density at radius 2 is 2.00 bits per heavy atom. The molecule has 3 nitrogen and oxygen atoms in total. The van der Waals surface area contributed by atoms with Crippen LogP contribution >= 0.6 is 12.2 Å². The lowest BCUT2D eigenvalue weighted by Gasteiger charge is -2.13. The summed E-state index contributed by atoms with van der Waals surface area (Å²) in [6, 6.07) is 2.81. The topological polar surface area (TPSA) is 47.3 Å². The lowest BCUT2D eigenvalue weighted by Crippen LogP contribution is -2.17. The maximum absolute atomic E-state index is 13.8. The monoisotopic (exact) mass is 300 g/mol. The molecule has 0 amide bonds. The van der Waals surface area contributed by atoms with E-state index in [2.05, 4.69) is 17.5 Å². The van der Waals surface area contributed by atoms with Crippen molar-refractivity contribution in [3.8, 4) is 0 Å². The molecule has 0 atom stereocenters. The second-order valence-corrected chi connectivity index (χ2v) is 5.30. The van der Waals surface area contributed by atoms with E-state index in [0.29, 0.717) is 19.3 Å². The molecule has 1 aromatic carbocycles. The number of halogens is 2. The SMILES string of the molecule is NC(=S)c1ccc(NCCOC2CCCC2)c(F)c1F. The fraction of sp³-hybridized carbons (Fsp3) is 0.500. The Morgan fingerprint density at radius 1 is 1.30 bits per heavy atom. The molecule has 0 unspecified atom stereocenters. The van der Waals surface area contributed by atoms with Crippen molar-refractivity contribution in [1.82, 2.24) is 0 Å². The minimum atomic E-state index is -1.01.